The van der Waals surface area contributed by atoms with Gasteiger partial charge in [0.25, 0.3) is 11.8 Å². The number of carbonyl (C=O) groups excluding carboxylic acids is 4. The highest BCUT2D eigenvalue weighted by Gasteiger charge is 2.51. The third kappa shape index (κ3) is 4.88. The maximum atomic E-state index is 13.5. The number of benzene rings is 2. The standard InChI is InChI=1S/C23H26N4O7S/c1-23(2)21(30)27(22(31)25-23)18(19(28)14-9-7-6-8-10-14)20(29)24-16-13-15(11-12-17(16)34-5)35(32,33)26(3)4/h6-13,18H,1-5H3,(H,24,29)(H,25,31). The Morgan fingerprint density at radius 3 is 2.23 bits per heavy atom. The van der Waals surface area contributed by atoms with Crippen LogP contribution in [0.3, 0.4) is 0 Å². The molecule has 1 atom stereocenters. The molecule has 1 unspecified atom stereocenters. The lowest BCUT2D eigenvalue weighted by molar-refractivity contribution is -0.134. The van der Waals surface area contributed by atoms with Gasteiger partial charge in [-0.25, -0.2) is 22.4 Å². The molecule has 1 fully saturated rings. The van der Waals surface area contributed by atoms with Gasteiger partial charge in [0.15, 0.2) is 11.8 Å². The smallest absolute Gasteiger partial charge is 0.326 e. The Labute approximate surface area is 203 Å². The second-order valence-electron chi connectivity index (χ2n) is 8.50. The van der Waals surface area contributed by atoms with Gasteiger partial charge in [0.1, 0.15) is 11.3 Å². The first-order valence-electron chi connectivity index (χ1n) is 10.5. The molecule has 1 aliphatic rings. The Morgan fingerprint density at radius 1 is 1.09 bits per heavy atom. The number of ketones is 1. The molecule has 12 heteroatoms. The fourth-order valence-corrected chi connectivity index (χ4v) is 4.41. The van der Waals surface area contributed by atoms with Crippen molar-refractivity contribution in [3.05, 3.63) is 54.1 Å². The number of carbonyl (C=O) groups is 4. The van der Waals surface area contributed by atoms with E-state index in [4.69, 9.17) is 4.74 Å². The minimum Gasteiger partial charge on any atom is -0.495 e. The summed E-state index contributed by atoms with van der Waals surface area (Å²) in [6.45, 7) is 2.90. The first-order chi connectivity index (χ1) is 16.3. The van der Waals surface area contributed by atoms with Crippen molar-refractivity contribution in [3.63, 3.8) is 0 Å². The van der Waals surface area contributed by atoms with Gasteiger partial charge in [0.05, 0.1) is 17.7 Å². The number of Topliss-reactive ketones (excluding diaryl/α,β-unsaturated/α-hetero) is 1. The normalized spacial score (nSPS) is 16.1. The minimum atomic E-state index is -3.86. The quantitative estimate of drug-likeness (QED) is 0.316. The molecule has 2 aromatic carbocycles. The summed E-state index contributed by atoms with van der Waals surface area (Å²) in [4.78, 5) is 52.9. The van der Waals surface area contributed by atoms with Crippen LogP contribution in [-0.4, -0.2) is 74.0 Å². The third-order valence-corrected chi connectivity index (χ3v) is 7.22. The number of imide groups is 1. The van der Waals surface area contributed by atoms with Gasteiger partial charge in [-0.05, 0) is 32.0 Å². The topological polar surface area (TPSA) is 142 Å². The summed E-state index contributed by atoms with van der Waals surface area (Å²) < 4.78 is 31.4. The van der Waals surface area contributed by atoms with Crippen molar-refractivity contribution in [2.75, 3.05) is 26.5 Å². The summed E-state index contributed by atoms with van der Waals surface area (Å²) in [7, 11) is 0.165. The van der Waals surface area contributed by atoms with Crippen LogP contribution in [0, 0.1) is 0 Å². The molecular formula is C23H26N4O7S. The van der Waals surface area contributed by atoms with E-state index in [1.54, 1.807) is 18.2 Å². The molecule has 1 aliphatic heterocycles. The van der Waals surface area contributed by atoms with Gasteiger partial charge >= 0.3 is 6.03 Å². The molecule has 35 heavy (non-hydrogen) atoms. The van der Waals surface area contributed by atoms with Gasteiger partial charge in [-0.15, -0.1) is 0 Å². The lowest BCUT2D eigenvalue weighted by Gasteiger charge is -2.25. The Bertz CT molecular complexity index is 1290. The van der Waals surface area contributed by atoms with Crippen molar-refractivity contribution >= 4 is 39.3 Å². The number of ether oxygens (including phenoxy) is 1. The summed E-state index contributed by atoms with van der Waals surface area (Å²) >= 11 is 0. The monoisotopic (exact) mass is 502 g/mol. The molecule has 186 valence electrons. The molecule has 0 spiro atoms. The predicted molar refractivity (Wildman–Crippen MR) is 127 cm³/mol. The van der Waals surface area contributed by atoms with Crippen LogP contribution in [0.2, 0.25) is 0 Å². The number of rotatable bonds is 8. The van der Waals surface area contributed by atoms with Crippen LogP contribution < -0.4 is 15.4 Å². The zero-order valence-corrected chi connectivity index (χ0v) is 20.7. The SMILES string of the molecule is COc1ccc(S(=O)(=O)N(C)C)cc1NC(=O)C(C(=O)c1ccccc1)N1C(=O)NC(C)(C)C1=O. The van der Waals surface area contributed by atoms with E-state index in [-0.39, 0.29) is 21.9 Å². The Morgan fingerprint density at radius 2 is 1.71 bits per heavy atom. The third-order valence-electron chi connectivity index (χ3n) is 5.41. The fourth-order valence-electron chi connectivity index (χ4n) is 3.48. The van der Waals surface area contributed by atoms with Gasteiger partial charge in [-0.3, -0.25) is 14.4 Å². The lowest BCUT2D eigenvalue weighted by atomic mass is 10.00. The van der Waals surface area contributed by atoms with E-state index in [0.717, 1.165) is 4.31 Å². The molecule has 0 radical (unpaired) electrons. The first-order valence-corrected chi connectivity index (χ1v) is 11.9. The van der Waals surface area contributed by atoms with E-state index in [9.17, 15) is 27.6 Å². The highest BCUT2D eigenvalue weighted by atomic mass is 32.2. The lowest BCUT2D eigenvalue weighted by Crippen LogP contribution is -2.53. The molecular weight excluding hydrogens is 476 g/mol. The summed E-state index contributed by atoms with van der Waals surface area (Å²) in [5.41, 5.74) is -1.28. The zero-order valence-electron chi connectivity index (χ0n) is 19.9. The molecule has 0 aliphatic carbocycles. The summed E-state index contributed by atoms with van der Waals surface area (Å²) in [5, 5.41) is 4.93. The number of anilines is 1. The van der Waals surface area contributed by atoms with E-state index in [1.165, 1.54) is 65.4 Å². The minimum absolute atomic E-state index is 0.0578. The average Bonchev–Trinajstić information content (AvgIpc) is 3.01. The van der Waals surface area contributed by atoms with Crippen LogP contribution in [0.5, 0.6) is 5.75 Å². The van der Waals surface area contributed by atoms with Crippen LogP contribution in [0.1, 0.15) is 24.2 Å². The van der Waals surface area contributed by atoms with E-state index < -0.39 is 45.2 Å². The molecule has 2 N–H and O–H groups in total. The zero-order chi connectivity index (χ0) is 26.1. The molecule has 4 amide bonds. The number of urea groups is 1. The van der Waals surface area contributed by atoms with E-state index in [0.29, 0.717) is 4.90 Å². The summed E-state index contributed by atoms with van der Waals surface area (Å²) in [5.74, 6) is -2.46. The van der Waals surface area contributed by atoms with E-state index in [1.807, 2.05) is 0 Å². The molecule has 0 aromatic heterocycles. The van der Waals surface area contributed by atoms with Crippen molar-refractivity contribution in [3.8, 4) is 5.75 Å². The molecule has 1 saturated heterocycles. The van der Waals surface area contributed by atoms with Gasteiger partial charge in [0.2, 0.25) is 10.0 Å². The number of methoxy groups -OCH3 is 1. The van der Waals surface area contributed by atoms with Crippen LogP contribution in [0.25, 0.3) is 0 Å². The Hall–Kier alpha value is -3.77. The molecule has 11 nitrogen and oxygen atoms in total. The number of nitrogens with one attached hydrogen (secondary N) is 2. The number of sulfonamides is 1. The van der Waals surface area contributed by atoms with Crippen LogP contribution in [0.4, 0.5) is 10.5 Å². The van der Waals surface area contributed by atoms with Crippen LogP contribution >= 0.6 is 0 Å². The fraction of sp³-hybridized carbons (Fsp3) is 0.304. The average molecular weight is 503 g/mol. The van der Waals surface area contributed by atoms with Crippen molar-refractivity contribution in [2.24, 2.45) is 0 Å². The van der Waals surface area contributed by atoms with Gasteiger partial charge in [0, 0.05) is 19.7 Å². The molecule has 2 aromatic rings. The Kier molecular flexibility index (Phi) is 6.99. The van der Waals surface area contributed by atoms with Crippen LogP contribution in [0.15, 0.2) is 53.4 Å². The maximum absolute atomic E-state index is 13.5. The van der Waals surface area contributed by atoms with E-state index in [2.05, 4.69) is 10.6 Å². The van der Waals surface area contributed by atoms with Gasteiger partial charge < -0.3 is 15.4 Å². The Balaban J connectivity index is 2.07. The number of hydrogen-bond donors (Lipinski definition) is 2. The van der Waals surface area contributed by atoms with E-state index >= 15 is 0 Å². The molecule has 1 heterocycles. The summed E-state index contributed by atoms with van der Waals surface area (Å²) in [6.07, 6.45) is 0. The van der Waals surface area contributed by atoms with Crippen molar-refractivity contribution in [1.29, 1.82) is 0 Å². The summed E-state index contributed by atoms with van der Waals surface area (Å²) in [6, 6.07) is 8.80. The van der Waals surface area contributed by atoms with Crippen molar-refractivity contribution < 1.29 is 32.3 Å². The van der Waals surface area contributed by atoms with Crippen molar-refractivity contribution in [1.82, 2.24) is 14.5 Å². The number of nitrogens with zero attached hydrogens (tertiary/aromatic N) is 2. The van der Waals surface area contributed by atoms with Crippen molar-refractivity contribution in [2.45, 2.75) is 30.3 Å². The molecule has 0 bridgehead atoms. The van der Waals surface area contributed by atoms with Gasteiger partial charge in [-0.1, -0.05) is 30.3 Å². The highest BCUT2D eigenvalue weighted by Crippen LogP contribution is 2.30. The number of hydrogen-bond acceptors (Lipinski definition) is 7. The first kappa shape index (κ1) is 25.8. The van der Waals surface area contributed by atoms with Crippen LogP contribution in [-0.2, 0) is 19.6 Å². The highest BCUT2D eigenvalue weighted by molar-refractivity contribution is 7.89. The largest absolute Gasteiger partial charge is 0.495 e. The second kappa shape index (κ2) is 9.47. The molecule has 0 saturated carbocycles. The molecule has 3 rings (SSSR count). The maximum Gasteiger partial charge on any atom is 0.326 e. The predicted octanol–water partition coefficient (Wildman–Crippen LogP) is 1.47. The number of amides is 4. The van der Waals surface area contributed by atoms with Gasteiger partial charge in [-0.2, -0.15) is 0 Å². The second-order valence-corrected chi connectivity index (χ2v) is 10.7.